The molecule has 11 heteroatoms. The zero-order valence-electron chi connectivity index (χ0n) is 15.6. The predicted octanol–water partition coefficient (Wildman–Crippen LogP) is 2.34. The molecular weight excluding hydrogens is 404 g/mol. The van der Waals surface area contributed by atoms with E-state index in [-0.39, 0.29) is 26.9 Å². The maximum Gasteiger partial charge on any atom is 0.267 e. The van der Waals surface area contributed by atoms with Gasteiger partial charge in [0.2, 0.25) is 0 Å². The second kappa shape index (κ2) is 7.92. The van der Waals surface area contributed by atoms with Crippen LogP contribution in [0, 0.1) is 13.8 Å². The molecule has 1 aliphatic heterocycles. The number of rotatable bonds is 5. The van der Waals surface area contributed by atoms with Crippen molar-refractivity contribution in [3.63, 3.8) is 0 Å². The van der Waals surface area contributed by atoms with Gasteiger partial charge in [-0.25, -0.2) is 16.8 Å². The maximum atomic E-state index is 12.7. The molecule has 9 nitrogen and oxygen atoms in total. The first-order chi connectivity index (χ1) is 13.2. The first-order valence-corrected chi connectivity index (χ1v) is 11.8. The minimum atomic E-state index is -3.97. The van der Waals surface area contributed by atoms with E-state index in [0.29, 0.717) is 18.8 Å². The van der Waals surface area contributed by atoms with Crippen LogP contribution in [0.3, 0.4) is 0 Å². The summed E-state index contributed by atoms with van der Waals surface area (Å²) < 4.78 is 60.4. The highest BCUT2D eigenvalue weighted by Crippen LogP contribution is 2.24. The summed E-state index contributed by atoms with van der Waals surface area (Å²) in [6, 6.07) is 5.59. The molecule has 152 valence electrons. The largest absolute Gasteiger partial charge is 0.360 e. The molecule has 0 saturated carbocycles. The van der Waals surface area contributed by atoms with E-state index < -0.39 is 20.0 Å². The highest BCUT2D eigenvalue weighted by molar-refractivity contribution is 7.92. The van der Waals surface area contributed by atoms with Crippen molar-refractivity contribution in [2.75, 3.05) is 11.3 Å². The molecule has 0 amide bonds. The summed E-state index contributed by atoms with van der Waals surface area (Å²) in [4.78, 5) is 4.15. The van der Waals surface area contributed by atoms with Gasteiger partial charge in [0.25, 0.3) is 20.0 Å². The molecule has 3 rings (SSSR count). The molecule has 0 radical (unpaired) electrons. The highest BCUT2D eigenvalue weighted by atomic mass is 32.2. The van der Waals surface area contributed by atoms with Gasteiger partial charge in [0.15, 0.2) is 10.7 Å². The number of benzene rings is 1. The number of aryl methyl sites for hydroxylation is 2. The number of sulfonamides is 2. The molecule has 1 aliphatic rings. The van der Waals surface area contributed by atoms with Crippen LogP contribution < -0.4 is 9.44 Å². The van der Waals surface area contributed by atoms with Crippen molar-refractivity contribution in [1.29, 1.82) is 0 Å². The molecule has 0 spiro atoms. The molecule has 0 atom stereocenters. The van der Waals surface area contributed by atoms with Gasteiger partial charge in [-0.3, -0.25) is 14.4 Å². The van der Waals surface area contributed by atoms with Crippen LogP contribution in [0.4, 0.5) is 5.69 Å². The third-order valence-corrected chi connectivity index (χ3v) is 7.26. The molecule has 1 aromatic carbocycles. The quantitative estimate of drug-likeness (QED) is 0.754. The Morgan fingerprint density at radius 2 is 1.79 bits per heavy atom. The number of hydrogen-bond donors (Lipinski definition) is 2. The first kappa shape index (κ1) is 20.3. The van der Waals surface area contributed by atoms with E-state index >= 15 is 0 Å². The Balaban J connectivity index is 1.85. The Bertz CT molecular complexity index is 1080. The van der Waals surface area contributed by atoms with Gasteiger partial charge in [0.05, 0.1) is 10.6 Å². The van der Waals surface area contributed by atoms with Gasteiger partial charge >= 0.3 is 0 Å². The lowest BCUT2D eigenvalue weighted by molar-refractivity contribution is 0.390. The summed E-state index contributed by atoms with van der Waals surface area (Å²) in [5, 5.41) is 3.64. The fraction of sp³-hybridized carbons (Fsp3) is 0.412. The molecule has 28 heavy (non-hydrogen) atoms. The van der Waals surface area contributed by atoms with Crippen LogP contribution in [0.5, 0.6) is 0 Å². The number of aromatic nitrogens is 1. The molecule has 0 saturated heterocycles. The summed E-state index contributed by atoms with van der Waals surface area (Å²) in [6.07, 6.45) is 3.38. The number of nitrogens with zero attached hydrogens (tertiary/aromatic N) is 2. The average Bonchev–Trinajstić information content (AvgIpc) is 2.81. The molecule has 0 fully saturated rings. The van der Waals surface area contributed by atoms with Crippen molar-refractivity contribution < 1.29 is 21.4 Å². The molecule has 1 aromatic heterocycles. The minimum Gasteiger partial charge on any atom is -0.360 e. The molecule has 0 aliphatic carbocycles. The minimum absolute atomic E-state index is 0.0570. The van der Waals surface area contributed by atoms with Gasteiger partial charge in [-0.1, -0.05) is 17.6 Å². The van der Waals surface area contributed by atoms with Crippen LogP contribution >= 0.6 is 0 Å². The number of aliphatic imine (C=N–C) groups is 1. The average molecular weight is 427 g/mol. The van der Waals surface area contributed by atoms with Crippen LogP contribution in [0.2, 0.25) is 0 Å². The van der Waals surface area contributed by atoms with Crippen LogP contribution in [0.15, 0.2) is 43.6 Å². The lowest BCUT2D eigenvalue weighted by Gasteiger charge is -2.12. The molecule has 2 N–H and O–H groups in total. The van der Waals surface area contributed by atoms with E-state index in [1.54, 1.807) is 0 Å². The van der Waals surface area contributed by atoms with Crippen molar-refractivity contribution in [2.45, 2.75) is 49.3 Å². The Morgan fingerprint density at radius 1 is 1.00 bits per heavy atom. The van der Waals surface area contributed by atoms with Gasteiger partial charge in [-0.15, -0.1) is 0 Å². The molecule has 0 unspecified atom stereocenters. The normalized spacial score (nSPS) is 15.6. The fourth-order valence-electron chi connectivity index (χ4n) is 2.96. The van der Waals surface area contributed by atoms with Gasteiger partial charge in [-0.05, 0) is 44.9 Å². The third-order valence-electron chi connectivity index (χ3n) is 4.26. The van der Waals surface area contributed by atoms with E-state index in [1.165, 1.54) is 38.1 Å². The molecular formula is C17H22N4O5S2. The maximum absolute atomic E-state index is 12.7. The van der Waals surface area contributed by atoms with Crippen molar-refractivity contribution in [2.24, 2.45) is 4.99 Å². The summed E-state index contributed by atoms with van der Waals surface area (Å²) in [5.74, 6) is 0.584. The lowest BCUT2D eigenvalue weighted by Crippen LogP contribution is -2.30. The molecule has 2 aromatic rings. The number of nitrogens with one attached hydrogen (secondary N) is 2. The summed E-state index contributed by atoms with van der Waals surface area (Å²) in [5.41, 5.74) is 0.340. The SMILES string of the molecule is Cc1noc(C)c1S(=O)(=O)Nc1cccc(S(=O)(=O)NC2=NCCCCC2)c1. The molecule has 0 bridgehead atoms. The van der Waals surface area contributed by atoms with Crippen molar-refractivity contribution in [3.05, 3.63) is 35.7 Å². The first-order valence-electron chi connectivity index (χ1n) is 8.81. The monoisotopic (exact) mass is 426 g/mol. The Labute approximate surface area is 164 Å². The van der Waals surface area contributed by atoms with Crippen LogP contribution in [0.25, 0.3) is 0 Å². The number of hydrogen-bond acceptors (Lipinski definition) is 7. The van der Waals surface area contributed by atoms with Crippen LogP contribution in [0.1, 0.15) is 37.1 Å². The zero-order valence-corrected chi connectivity index (χ0v) is 17.2. The highest BCUT2D eigenvalue weighted by Gasteiger charge is 2.25. The smallest absolute Gasteiger partial charge is 0.267 e. The van der Waals surface area contributed by atoms with E-state index in [2.05, 4.69) is 19.6 Å². The second-order valence-electron chi connectivity index (χ2n) is 6.53. The van der Waals surface area contributed by atoms with Gasteiger partial charge in [0.1, 0.15) is 11.5 Å². The van der Waals surface area contributed by atoms with Crippen molar-refractivity contribution in [1.82, 2.24) is 9.88 Å². The summed E-state index contributed by atoms with van der Waals surface area (Å²) in [7, 11) is -7.84. The van der Waals surface area contributed by atoms with E-state index in [9.17, 15) is 16.8 Å². The fourth-order valence-corrected chi connectivity index (χ4v) is 5.48. The molecule has 2 heterocycles. The second-order valence-corrected chi connectivity index (χ2v) is 9.83. The predicted molar refractivity (Wildman–Crippen MR) is 104 cm³/mol. The Kier molecular flexibility index (Phi) is 5.75. The van der Waals surface area contributed by atoms with Crippen LogP contribution in [-0.2, 0) is 20.0 Å². The van der Waals surface area contributed by atoms with Crippen molar-refractivity contribution >= 4 is 31.6 Å². The lowest BCUT2D eigenvalue weighted by atomic mass is 10.2. The van der Waals surface area contributed by atoms with Gasteiger partial charge in [0, 0.05) is 13.0 Å². The van der Waals surface area contributed by atoms with Gasteiger partial charge < -0.3 is 4.52 Å². The number of anilines is 1. The van der Waals surface area contributed by atoms with Crippen molar-refractivity contribution in [3.8, 4) is 0 Å². The van der Waals surface area contributed by atoms with Crippen LogP contribution in [-0.4, -0.2) is 34.4 Å². The Morgan fingerprint density at radius 3 is 2.50 bits per heavy atom. The standard InChI is InChI=1S/C17H22N4O5S2/c1-12-17(13(2)26-19-12)28(24,25)20-14-7-6-8-15(11-14)27(22,23)21-16-9-4-3-5-10-18-16/h6-8,11,20H,3-5,9-10H2,1-2H3,(H,18,21). The Hall–Kier alpha value is -2.40. The van der Waals surface area contributed by atoms with Gasteiger partial charge in [-0.2, -0.15) is 0 Å². The zero-order chi connectivity index (χ0) is 20.4. The topological polar surface area (TPSA) is 131 Å². The van der Waals surface area contributed by atoms with E-state index in [1.807, 2.05) is 0 Å². The van der Waals surface area contributed by atoms with E-state index in [0.717, 1.165) is 19.3 Å². The number of amidine groups is 1. The summed E-state index contributed by atoms with van der Waals surface area (Å²) in [6.45, 7) is 3.60. The third kappa shape index (κ3) is 4.53. The van der Waals surface area contributed by atoms with E-state index in [4.69, 9.17) is 4.52 Å². The summed E-state index contributed by atoms with van der Waals surface area (Å²) >= 11 is 0.